The van der Waals surface area contributed by atoms with Gasteiger partial charge in [0.25, 0.3) is 0 Å². The highest BCUT2D eigenvalue weighted by atomic mass is 35.5. The number of hydrogen-bond acceptors (Lipinski definition) is 3. The number of hydrogen-bond donors (Lipinski definition) is 2. The summed E-state index contributed by atoms with van der Waals surface area (Å²) in [5, 5.41) is 4.22. The molecule has 2 aromatic rings. The van der Waals surface area contributed by atoms with Gasteiger partial charge in [0, 0.05) is 35.4 Å². The van der Waals surface area contributed by atoms with Crippen molar-refractivity contribution < 1.29 is 0 Å². The Morgan fingerprint density at radius 1 is 1.17 bits per heavy atom. The standard InChI is InChI=1S/C17H18ClN3.2ClH/c18-17-15(10-2-1-3-12(19)6-10)7-11(9-20-17)14-8-13-4-5-16(14)21-13;;/h1-3,6-7,9,13-14,16,21H,4-5,8,19H2;2*1H/t13-,14+,16+;;/m0../s1. The number of nitrogens with one attached hydrogen (secondary N) is 1. The normalized spacial score (nSPS) is 24.8. The van der Waals surface area contributed by atoms with Gasteiger partial charge in [-0.1, -0.05) is 23.7 Å². The van der Waals surface area contributed by atoms with E-state index in [0.29, 0.717) is 23.2 Å². The van der Waals surface area contributed by atoms with Crippen molar-refractivity contribution in [1.82, 2.24) is 10.3 Å². The van der Waals surface area contributed by atoms with Gasteiger partial charge in [0.2, 0.25) is 0 Å². The van der Waals surface area contributed by atoms with Crippen LogP contribution in [0.15, 0.2) is 36.5 Å². The molecule has 2 bridgehead atoms. The molecule has 4 rings (SSSR count). The Kier molecular flexibility index (Phi) is 5.79. The lowest BCUT2D eigenvalue weighted by Crippen LogP contribution is -2.21. The van der Waals surface area contributed by atoms with Crippen molar-refractivity contribution in [3.8, 4) is 11.1 Å². The zero-order valence-electron chi connectivity index (χ0n) is 12.5. The molecule has 2 saturated heterocycles. The molecule has 6 heteroatoms. The van der Waals surface area contributed by atoms with Crippen LogP contribution in [0.2, 0.25) is 5.15 Å². The number of anilines is 1. The minimum atomic E-state index is 0. The molecule has 2 aliphatic heterocycles. The molecule has 0 aliphatic carbocycles. The molecule has 3 atom stereocenters. The molecule has 0 unspecified atom stereocenters. The highest BCUT2D eigenvalue weighted by Crippen LogP contribution is 2.41. The number of rotatable bonds is 2. The molecule has 2 fully saturated rings. The number of benzene rings is 1. The molecule has 0 saturated carbocycles. The van der Waals surface area contributed by atoms with Crippen LogP contribution in [-0.2, 0) is 0 Å². The fraction of sp³-hybridized carbons (Fsp3) is 0.353. The largest absolute Gasteiger partial charge is 0.399 e. The number of pyridine rings is 1. The summed E-state index contributed by atoms with van der Waals surface area (Å²) in [5.41, 5.74) is 9.93. The second-order valence-corrected chi connectivity index (χ2v) is 6.48. The molecule has 0 spiro atoms. The fourth-order valence-corrected chi connectivity index (χ4v) is 3.98. The lowest BCUT2D eigenvalue weighted by Gasteiger charge is -2.21. The summed E-state index contributed by atoms with van der Waals surface area (Å²) in [6, 6.07) is 11.3. The summed E-state index contributed by atoms with van der Waals surface area (Å²) in [5.74, 6) is 0.563. The lowest BCUT2D eigenvalue weighted by molar-refractivity contribution is 0.505. The SMILES string of the molecule is Cl.Cl.Nc1cccc(-c2cc([C@H]3C[C@@H]4CC[C@H]3N4)cnc2Cl)c1. The summed E-state index contributed by atoms with van der Waals surface area (Å²) in [6.07, 6.45) is 5.73. The quantitative estimate of drug-likeness (QED) is 0.605. The van der Waals surface area contributed by atoms with Crippen molar-refractivity contribution in [2.24, 2.45) is 0 Å². The second kappa shape index (κ2) is 7.27. The van der Waals surface area contributed by atoms with E-state index in [2.05, 4.69) is 16.4 Å². The van der Waals surface area contributed by atoms with Crippen molar-refractivity contribution in [3.05, 3.63) is 47.2 Å². The van der Waals surface area contributed by atoms with Crippen LogP contribution < -0.4 is 11.1 Å². The van der Waals surface area contributed by atoms with Crippen LogP contribution in [0.5, 0.6) is 0 Å². The van der Waals surface area contributed by atoms with Gasteiger partial charge in [-0.3, -0.25) is 0 Å². The maximum atomic E-state index is 6.30. The number of aromatic nitrogens is 1. The molecular weight excluding hydrogens is 353 g/mol. The summed E-state index contributed by atoms with van der Waals surface area (Å²) in [4.78, 5) is 4.41. The predicted octanol–water partition coefficient (Wildman–Crippen LogP) is 4.44. The minimum Gasteiger partial charge on any atom is -0.399 e. The van der Waals surface area contributed by atoms with Crippen LogP contribution in [0.3, 0.4) is 0 Å². The van der Waals surface area contributed by atoms with Gasteiger partial charge in [0.05, 0.1) is 0 Å². The first-order valence-corrected chi connectivity index (χ1v) is 7.86. The van der Waals surface area contributed by atoms with Gasteiger partial charge >= 0.3 is 0 Å². The number of nitrogens with zero attached hydrogens (tertiary/aromatic N) is 1. The first kappa shape index (κ1) is 18.3. The third-order valence-corrected chi connectivity index (χ3v) is 5.09. The second-order valence-electron chi connectivity index (χ2n) is 6.12. The molecule has 3 heterocycles. The van der Waals surface area contributed by atoms with Crippen LogP contribution in [0.4, 0.5) is 5.69 Å². The van der Waals surface area contributed by atoms with E-state index in [9.17, 15) is 0 Å². The Hall–Kier alpha value is -1.00. The molecule has 1 aromatic heterocycles. The average Bonchev–Trinajstić information content (AvgIpc) is 3.10. The zero-order chi connectivity index (χ0) is 14.4. The van der Waals surface area contributed by atoms with E-state index in [1.54, 1.807) is 0 Å². The molecule has 2 aliphatic rings. The molecule has 23 heavy (non-hydrogen) atoms. The van der Waals surface area contributed by atoms with E-state index in [4.69, 9.17) is 17.3 Å². The van der Waals surface area contributed by atoms with Gasteiger partial charge < -0.3 is 11.1 Å². The Morgan fingerprint density at radius 3 is 2.65 bits per heavy atom. The lowest BCUT2D eigenvalue weighted by atomic mass is 9.84. The average molecular weight is 373 g/mol. The van der Waals surface area contributed by atoms with Crippen LogP contribution in [0.1, 0.15) is 30.7 Å². The van der Waals surface area contributed by atoms with Gasteiger partial charge in [-0.05, 0) is 48.6 Å². The summed E-state index contributed by atoms with van der Waals surface area (Å²) < 4.78 is 0. The fourth-order valence-electron chi connectivity index (χ4n) is 3.77. The zero-order valence-corrected chi connectivity index (χ0v) is 14.9. The smallest absolute Gasteiger partial charge is 0.136 e. The number of nitrogen functional groups attached to an aromatic ring is 1. The highest BCUT2D eigenvalue weighted by molar-refractivity contribution is 6.32. The van der Waals surface area contributed by atoms with Gasteiger partial charge in [-0.2, -0.15) is 0 Å². The Labute approximate surface area is 153 Å². The van der Waals surface area contributed by atoms with E-state index in [0.717, 1.165) is 16.8 Å². The summed E-state index contributed by atoms with van der Waals surface area (Å²) in [7, 11) is 0. The predicted molar refractivity (Wildman–Crippen MR) is 101 cm³/mol. The molecule has 3 N–H and O–H groups in total. The molecular formula is C17H20Cl3N3. The van der Waals surface area contributed by atoms with Crippen LogP contribution in [-0.4, -0.2) is 17.1 Å². The molecule has 1 aromatic carbocycles. The van der Waals surface area contributed by atoms with E-state index in [1.165, 1.54) is 24.8 Å². The van der Waals surface area contributed by atoms with Crippen LogP contribution in [0, 0.1) is 0 Å². The highest BCUT2D eigenvalue weighted by Gasteiger charge is 2.39. The van der Waals surface area contributed by atoms with E-state index in [-0.39, 0.29) is 24.8 Å². The van der Waals surface area contributed by atoms with Gasteiger partial charge in [-0.15, -0.1) is 24.8 Å². The topological polar surface area (TPSA) is 50.9 Å². The number of nitrogens with two attached hydrogens (primary N) is 1. The van der Waals surface area contributed by atoms with Gasteiger partial charge in [-0.25, -0.2) is 4.98 Å². The van der Waals surface area contributed by atoms with Gasteiger partial charge in [0.1, 0.15) is 5.15 Å². The molecule has 124 valence electrons. The summed E-state index contributed by atoms with van der Waals surface area (Å²) >= 11 is 6.30. The molecule has 3 nitrogen and oxygen atoms in total. The maximum Gasteiger partial charge on any atom is 0.136 e. The van der Waals surface area contributed by atoms with Gasteiger partial charge in [0.15, 0.2) is 0 Å². The monoisotopic (exact) mass is 371 g/mol. The van der Waals surface area contributed by atoms with Crippen molar-refractivity contribution in [2.45, 2.75) is 37.3 Å². The minimum absolute atomic E-state index is 0. The third kappa shape index (κ3) is 3.43. The Bertz CT molecular complexity index is 693. The van der Waals surface area contributed by atoms with Crippen molar-refractivity contribution in [2.75, 3.05) is 5.73 Å². The van der Waals surface area contributed by atoms with E-state index >= 15 is 0 Å². The maximum absolute atomic E-state index is 6.30. The number of fused-ring (bicyclic) bond motifs is 2. The first-order valence-electron chi connectivity index (χ1n) is 7.48. The Morgan fingerprint density at radius 2 is 2.00 bits per heavy atom. The number of halogens is 3. The van der Waals surface area contributed by atoms with Crippen LogP contribution in [0.25, 0.3) is 11.1 Å². The van der Waals surface area contributed by atoms with E-state index in [1.807, 2.05) is 30.5 Å². The van der Waals surface area contributed by atoms with E-state index < -0.39 is 0 Å². The van der Waals surface area contributed by atoms with Crippen molar-refractivity contribution in [1.29, 1.82) is 0 Å². The third-order valence-electron chi connectivity index (χ3n) is 4.79. The Balaban J connectivity index is 0.000000960. The summed E-state index contributed by atoms with van der Waals surface area (Å²) in [6.45, 7) is 0. The van der Waals surface area contributed by atoms with Crippen molar-refractivity contribution in [3.63, 3.8) is 0 Å². The molecule has 0 amide bonds. The first-order chi connectivity index (χ1) is 10.2. The van der Waals surface area contributed by atoms with Crippen LogP contribution >= 0.6 is 36.4 Å². The molecule has 0 radical (unpaired) electrons. The van der Waals surface area contributed by atoms with Crippen molar-refractivity contribution >= 4 is 42.1 Å².